The summed E-state index contributed by atoms with van der Waals surface area (Å²) in [7, 11) is 1.35. The Morgan fingerprint density at radius 3 is 2.55 bits per heavy atom. The van der Waals surface area contributed by atoms with E-state index in [1.807, 2.05) is 32.9 Å². The molecule has 2 aromatic heterocycles. The number of fused-ring (bicyclic) bond motifs is 1. The van der Waals surface area contributed by atoms with E-state index in [1.165, 1.54) is 24.0 Å². The van der Waals surface area contributed by atoms with E-state index in [4.69, 9.17) is 4.74 Å². The maximum atomic E-state index is 13.0. The van der Waals surface area contributed by atoms with Crippen LogP contribution in [0.2, 0.25) is 0 Å². The highest BCUT2D eigenvalue weighted by Gasteiger charge is 2.17. The standard InChI is InChI=1S/C21H26N4O3S/c1-12(2)15-7-8-16-18(10-15)29-21(24(16)11-19(26)28-6)22-20(27)17-9-14(5)23-25(17)13(3)4/h7-10,12-13H,11H2,1-6H3. The van der Waals surface area contributed by atoms with E-state index in [1.54, 1.807) is 15.3 Å². The predicted octanol–water partition coefficient (Wildman–Crippen LogP) is 3.83. The molecule has 0 aliphatic rings. The van der Waals surface area contributed by atoms with Gasteiger partial charge in [-0.15, -0.1) is 0 Å². The Labute approximate surface area is 173 Å². The van der Waals surface area contributed by atoms with E-state index < -0.39 is 5.97 Å². The van der Waals surface area contributed by atoms with Gasteiger partial charge in [0.1, 0.15) is 12.2 Å². The number of hydrogen-bond donors (Lipinski definition) is 0. The maximum absolute atomic E-state index is 13.0. The summed E-state index contributed by atoms with van der Waals surface area (Å²) in [5.41, 5.74) is 3.24. The lowest BCUT2D eigenvalue weighted by atomic mass is 10.0. The topological polar surface area (TPSA) is 78.5 Å². The van der Waals surface area contributed by atoms with Gasteiger partial charge in [-0.3, -0.25) is 14.3 Å². The average Bonchev–Trinajstić information content (AvgIpc) is 3.22. The molecule has 3 rings (SSSR count). The minimum atomic E-state index is -0.394. The highest BCUT2D eigenvalue weighted by Crippen LogP contribution is 2.24. The molecule has 0 atom stereocenters. The fourth-order valence-corrected chi connectivity index (χ4v) is 4.17. The molecule has 7 nitrogen and oxygen atoms in total. The minimum absolute atomic E-state index is 0.00783. The van der Waals surface area contributed by atoms with E-state index >= 15 is 0 Å². The van der Waals surface area contributed by atoms with Gasteiger partial charge in [0, 0.05) is 6.04 Å². The van der Waals surface area contributed by atoms with Gasteiger partial charge >= 0.3 is 5.97 Å². The summed E-state index contributed by atoms with van der Waals surface area (Å²) >= 11 is 1.39. The quantitative estimate of drug-likeness (QED) is 0.595. The van der Waals surface area contributed by atoms with Crippen LogP contribution in [0.4, 0.5) is 0 Å². The maximum Gasteiger partial charge on any atom is 0.325 e. The van der Waals surface area contributed by atoms with Crippen LogP contribution in [0, 0.1) is 6.92 Å². The van der Waals surface area contributed by atoms with E-state index in [2.05, 4.69) is 30.0 Å². The van der Waals surface area contributed by atoms with Gasteiger partial charge in [0.2, 0.25) is 0 Å². The van der Waals surface area contributed by atoms with Gasteiger partial charge in [-0.05, 0) is 50.5 Å². The monoisotopic (exact) mass is 414 g/mol. The van der Waals surface area contributed by atoms with E-state index in [-0.39, 0.29) is 18.5 Å². The Morgan fingerprint density at radius 1 is 1.21 bits per heavy atom. The number of rotatable bonds is 5. The lowest BCUT2D eigenvalue weighted by molar-refractivity contribution is -0.141. The van der Waals surface area contributed by atoms with Gasteiger partial charge in [-0.25, -0.2) is 0 Å². The summed E-state index contributed by atoms with van der Waals surface area (Å²) in [4.78, 5) is 29.8. The normalized spacial score (nSPS) is 12.3. The van der Waals surface area contributed by atoms with Crippen molar-refractivity contribution in [2.24, 2.45) is 4.99 Å². The van der Waals surface area contributed by atoms with Crippen LogP contribution < -0.4 is 4.80 Å². The molecule has 2 heterocycles. The van der Waals surface area contributed by atoms with Crippen molar-refractivity contribution >= 4 is 33.4 Å². The van der Waals surface area contributed by atoms with Crippen molar-refractivity contribution in [3.63, 3.8) is 0 Å². The van der Waals surface area contributed by atoms with Crippen molar-refractivity contribution in [2.75, 3.05) is 7.11 Å². The number of amides is 1. The highest BCUT2D eigenvalue weighted by atomic mass is 32.1. The molecule has 0 aliphatic carbocycles. The first kappa shape index (κ1) is 21.0. The summed E-state index contributed by atoms with van der Waals surface area (Å²) in [6.07, 6.45) is 0. The molecule has 29 heavy (non-hydrogen) atoms. The van der Waals surface area contributed by atoms with Crippen LogP contribution in [0.25, 0.3) is 10.2 Å². The van der Waals surface area contributed by atoms with Crippen LogP contribution in [-0.2, 0) is 16.1 Å². The predicted molar refractivity (Wildman–Crippen MR) is 113 cm³/mol. The van der Waals surface area contributed by atoms with Gasteiger partial charge < -0.3 is 9.30 Å². The second-order valence-corrected chi connectivity index (χ2v) is 8.56. The van der Waals surface area contributed by atoms with Crippen LogP contribution in [0.3, 0.4) is 0 Å². The molecule has 1 aromatic carbocycles. The van der Waals surface area contributed by atoms with Crippen molar-refractivity contribution < 1.29 is 14.3 Å². The Kier molecular flexibility index (Phi) is 6.02. The molecule has 3 aromatic rings. The SMILES string of the molecule is COC(=O)Cn1c(=NC(=O)c2cc(C)nn2C(C)C)sc2cc(C(C)C)ccc21. The summed E-state index contributed by atoms with van der Waals surface area (Å²) in [6.45, 7) is 10.0. The molecule has 0 fully saturated rings. The van der Waals surface area contributed by atoms with Gasteiger partial charge in [0.25, 0.3) is 5.91 Å². The van der Waals surface area contributed by atoms with Crippen LogP contribution in [0.1, 0.15) is 61.4 Å². The fraction of sp³-hybridized carbons (Fsp3) is 0.429. The van der Waals surface area contributed by atoms with E-state index in [9.17, 15) is 9.59 Å². The molecule has 0 aliphatic heterocycles. The van der Waals surface area contributed by atoms with Crippen molar-refractivity contribution in [3.05, 3.63) is 46.0 Å². The number of nitrogens with zero attached hydrogens (tertiary/aromatic N) is 4. The molecule has 0 N–H and O–H groups in total. The van der Waals surface area contributed by atoms with E-state index in [0.717, 1.165) is 15.9 Å². The first-order valence-corrected chi connectivity index (χ1v) is 10.4. The first-order valence-electron chi connectivity index (χ1n) is 9.56. The number of aromatic nitrogens is 3. The number of methoxy groups -OCH3 is 1. The smallest absolute Gasteiger partial charge is 0.325 e. The zero-order chi connectivity index (χ0) is 21.3. The first-order chi connectivity index (χ1) is 13.7. The van der Waals surface area contributed by atoms with Gasteiger partial charge in [-0.2, -0.15) is 10.1 Å². The summed E-state index contributed by atoms with van der Waals surface area (Å²) in [6, 6.07) is 7.87. The largest absolute Gasteiger partial charge is 0.468 e. The molecule has 0 radical (unpaired) electrons. The number of aryl methyl sites for hydroxylation is 1. The minimum Gasteiger partial charge on any atom is -0.468 e. The number of hydrogen-bond acceptors (Lipinski definition) is 5. The molecule has 0 saturated carbocycles. The lowest BCUT2D eigenvalue weighted by Gasteiger charge is -2.08. The van der Waals surface area contributed by atoms with Crippen LogP contribution >= 0.6 is 11.3 Å². The van der Waals surface area contributed by atoms with Gasteiger partial charge in [0.15, 0.2) is 4.80 Å². The molecular weight excluding hydrogens is 388 g/mol. The second kappa shape index (κ2) is 8.32. The van der Waals surface area contributed by atoms with Crippen molar-refractivity contribution in [2.45, 2.75) is 53.1 Å². The number of esters is 1. The number of thiazole rings is 1. The molecule has 0 bridgehead atoms. The number of ether oxygens (including phenoxy) is 1. The Balaban J connectivity index is 2.17. The average molecular weight is 415 g/mol. The lowest BCUT2D eigenvalue weighted by Crippen LogP contribution is -2.23. The molecular formula is C21H26N4O3S. The van der Waals surface area contributed by atoms with Crippen LogP contribution in [0.15, 0.2) is 29.3 Å². The van der Waals surface area contributed by atoms with Crippen molar-refractivity contribution in [1.29, 1.82) is 0 Å². The van der Waals surface area contributed by atoms with Crippen LogP contribution in [-0.4, -0.2) is 33.3 Å². The fourth-order valence-electron chi connectivity index (χ4n) is 3.09. The molecule has 0 spiro atoms. The Hall–Kier alpha value is -2.74. The highest BCUT2D eigenvalue weighted by molar-refractivity contribution is 7.16. The Morgan fingerprint density at radius 2 is 1.93 bits per heavy atom. The molecule has 8 heteroatoms. The van der Waals surface area contributed by atoms with Crippen LogP contribution in [0.5, 0.6) is 0 Å². The van der Waals surface area contributed by atoms with Gasteiger partial charge in [-0.1, -0.05) is 31.3 Å². The summed E-state index contributed by atoms with van der Waals surface area (Å²) in [5.74, 6) is -0.399. The summed E-state index contributed by atoms with van der Waals surface area (Å²) < 4.78 is 9.22. The molecule has 154 valence electrons. The molecule has 0 saturated heterocycles. The zero-order valence-corrected chi connectivity index (χ0v) is 18.4. The third-order valence-electron chi connectivity index (χ3n) is 4.65. The van der Waals surface area contributed by atoms with Crippen molar-refractivity contribution in [1.82, 2.24) is 14.3 Å². The third-order valence-corrected chi connectivity index (χ3v) is 5.69. The van der Waals surface area contributed by atoms with Crippen molar-refractivity contribution in [3.8, 4) is 0 Å². The molecule has 0 unspecified atom stereocenters. The number of benzene rings is 1. The Bertz CT molecular complexity index is 1130. The third kappa shape index (κ3) is 4.32. The number of carbonyl (C=O) groups excluding carboxylic acids is 2. The summed E-state index contributed by atoms with van der Waals surface area (Å²) in [5, 5.41) is 4.39. The zero-order valence-electron chi connectivity index (χ0n) is 17.6. The second-order valence-electron chi connectivity index (χ2n) is 7.56. The number of carbonyl (C=O) groups is 2. The van der Waals surface area contributed by atoms with Gasteiger partial charge in [0.05, 0.1) is 23.0 Å². The van der Waals surface area contributed by atoms with E-state index in [0.29, 0.717) is 16.4 Å². The molecule has 1 amide bonds.